The Labute approximate surface area is 156 Å². The van der Waals surface area contributed by atoms with E-state index in [9.17, 15) is 13.2 Å². The Hall–Kier alpha value is -1.46. The quantitative estimate of drug-likeness (QED) is 0.832. The van der Waals surface area contributed by atoms with Gasteiger partial charge in [-0.25, -0.2) is 8.42 Å². The summed E-state index contributed by atoms with van der Waals surface area (Å²) in [4.78, 5) is 12.6. The van der Waals surface area contributed by atoms with Gasteiger partial charge in [0.15, 0.2) is 15.6 Å². The third-order valence-electron chi connectivity index (χ3n) is 5.95. The highest BCUT2D eigenvalue weighted by molar-refractivity contribution is 7.94. The lowest BCUT2D eigenvalue weighted by Crippen LogP contribution is -2.21. The van der Waals surface area contributed by atoms with Crippen LogP contribution in [0.1, 0.15) is 53.5 Å². The molecule has 1 aromatic carbocycles. The van der Waals surface area contributed by atoms with Gasteiger partial charge in [-0.3, -0.25) is 4.79 Å². The summed E-state index contributed by atoms with van der Waals surface area (Å²) < 4.78 is 24.6. The number of carbonyl (C=O) groups excluding carboxylic acids is 1. The summed E-state index contributed by atoms with van der Waals surface area (Å²) in [5.41, 5.74) is 6.62. The molecule has 1 aliphatic heterocycles. The van der Waals surface area contributed by atoms with Crippen LogP contribution in [-0.2, 0) is 46.7 Å². The van der Waals surface area contributed by atoms with Crippen LogP contribution in [0.3, 0.4) is 0 Å². The number of sulfone groups is 1. The molecule has 2 aliphatic carbocycles. The molecule has 1 heterocycles. The van der Waals surface area contributed by atoms with Crippen molar-refractivity contribution in [2.24, 2.45) is 0 Å². The Kier molecular flexibility index (Phi) is 5.02. The molecule has 0 unspecified atom stereocenters. The molecule has 26 heavy (non-hydrogen) atoms. The molecule has 0 radical (unpaired) electrons. The van der Waals surface area contributed by atoms with Gasteiger partial charge in [-0.15, -0.1) is 0 Å². The first kappa shape index (κ1) is 17.9. The van der Waals surface area contributed by atoms with Gasteiger partial charge < -0.3 is 5.32 Å². The molecular weight excluding hydrogens is 346 g/mol. The minimum Gasteiger partial charge on any atom is -0.310 e. The highest BCUT2D eigenvalue weighted by atomic mass is 32.2. The van der Waals surface area contributed by atoms with E-state index in [1.54, 1.807) is 6.08 Å². The molecule has 0 aromatic heterocycles. The summed E-state index contributed by atoms with van der Waals surface area (Å²) in [5, 5.41) is 4.49. The summed E-state index contributed by atoms with van der Waals surface area (Å²) in [6.45, 7) is 0.929. The minimum atomic E-state index is -3.49. The van der Waals surface area contributed by atoms with Crippen LogP contribution in [0.5, 0.6) is 0 Å². The maximum absolute atomic E-state index is 12.6. The number of fused-ring (bicyclic) bond motifs is 2. The maximum atomic E-state index is 12.6. The zero-order valence-corrected chi connectivity index (χ0v) is 16.0. The fourth-order valence-corrected chi connectivity index (χ4v) is 5.84. The van der Waals surface area contributed by atoms with Crippen LogP contribution in [0.4, 0.5) is 0 Å². The lowest BCUT2D eigenvalue weighted by molar-refractivity contribution is -0.116. The average Bonchev–Trinajstić information content (AvgIpc) is 3.33. The molecule has 1 saturated heterocycles. The molecule has 5 heteroatoms. The van der Waals surface area contributed by atoms with Crippen molar-refractivity contribution in [2.45, 2.75) is 63.8 Å². The van der Waals surface area contributed by atoms with Crippen molar-refractivity contribution in [2.75, 3.05) is 12.3 Å². The number of hydrogen-bond acceptors (Lipinski definition) is 4. The van der Waals surface area contributed by atoms with Crippen LogP contribution in [0.25, 0.3) is 0 Å². The molecule has 4 nitrogen and oxygen atoms in total. The smallest absolute Gasteiger partial charge is 0.178 e. The second-order valence-corrected chi connectivity index (χ2v) is 9.78. The van der Waals surface area contributed by atoms with Crippen LogP contribution in [0.15, 0.2) is 17.6 Å². The van der Waals surface area contributed by atoms with Crippen LogP contribution in [0, 0.1) is 0 Å². The van der Waals surface area contributed by atoms with Gasteiger partial charge in [0, 0.05) is 17.9 Å². The van der Waals surface area contributed by atoms with Crippen LogP contribution in [0.2, 0.25) is 0 Å². The van der Waals surface area contributed by atoms with Gasteiger partial charge in [-0.1, -0.05) is 12.1 Å². The molecule has 0 spiro atoms. The number of Topliss-reactive ketones (excluding diaryl/α,β-unsaturated/α-hetero) is 1. The molecule has 0 amide bonds. The fraction of sp³-hybridized carbons (Fsp3) is 0.571. The van der Waals surface area contributed by atoms with Crippen molar-refractivity contribution in [1.29, 1.82) is 0 Å². The van der Waals surface area contributed by atoms with Crippen LogP contribution < -0.4 is 5.32 Å². The van der Waals surface area contributed by atoms with E-state index in [0.717, 1.165) is 63.5 Å². The third kappa shape index (κ3) is 3.79. The van der Waals surface area contributed by atoms with Crippen molar-refractivity contribution in [3.05, 3.63) is 45.4 Å². The number of aryl methyl sites for hydroxylation is 2. The monoisotopic (exact) mass is 373 g/mol. The first-order valence-electron chi connectivity index (χ1n) is 9.83. The lowest BCUT2D eigenvalue weighted by atomic mass is 9.91. The van der Waals surface area contributed by atoms with E-state index >= 15 is 0 Å². The second kappa shape index (κ2) is 7.28. The number of carbonyl (C=O) groups is 1. The fourth-order valence-electron chi connectivity index (χ4n) is 4.76. The summed E-state index contributed by atoms with van der Waals surface area (Å²) in [6.07, 6.45) is 10.6. The SMILES string of the molecule is O=C(Cc1c2c(cc3c1CCC3)CCC2)CS(=O)(=O)/C=C/[C@H]1CCCN1. The minimum absolute atomic E-state index is 0.125. The number of hydrogen-bond donors (Lipinski definition) is 1. The Morgan fingerprint density at radius 2 is 1.77 bits per heavy atom. The molecule has 3 aliphatic rings. The van der Waals surface area contributed by atoms with Gasteiger partial charge in [0.25, 0.3) is 0 Å². The molecule has 1 aromatic rings. The molecule has 1 fully saturated rings. The highest BCUT2D eigenvalue weighted by Gasteiger charge is 2.26. The van der Waals surface area contributed by atoms with E-state index in [-0.39, 0.29) is 24.0 Å². The van der Waals surface area contributed by atoms with Gasteiger partial charge in [-0.05, 0) is 85.7 Å². The summed E-state index contributed by atoms with van der Waals surface area (Å²) in [7, 11) is -3.49. The number of ketones is 1. The average molecular weight is 374 g/mol. The van der Waals surface area contributed by atoms with Gasteiger partial charge >= 0.3 is 0 Å². The number of nitrogens with one attached hydrogen (secondary N) is 1. The maximum Gasteiger partial charge on any atom is 0.178 e. The van der Waals surface area contributed by atoms with Crippen molar-refractivity contribution < 1.29 is 13.2 Å². The first-order valence-corrected chi connectivity index (χ1v) is 11.5. The van der Waals surface area contributed by atoms with E-state index in [0.29, 0.717) is 0 Å². The molecule has 0 bridgehead atoms. The number of rotatable bonds is 6. The summed E-state index contributed by atoms with van der Waals surface area (Å²) >= 11 is 0. The standard InChI is InChI=1S/C21H27NO3S/c23-18(14-26(24,25)11-9-17-6-3-10-22-17)13-21-19-7-1-4-15(19)12-16-5-2-8-20(16)21/h9,11-12,17,22H,1-8,10,13-14H2/b11-9+/t17-/m1/s1. The molecule has 1 atom stereocenters. The van der Waals surface area contributed by atoms with E-state index in [1.807, 2.05) is 0 Å². The molecular formula is C21H27NO3S. The zero-order valence-electron chi connectivity index (χ0n) is 15.2. The van der Waals surface area contributed by atoms with Crippen LogP contribution in [-0.4, -0.2) is 32.5 Å². The Balaban J connectivity index is 1.49. The van der Waals surface area contributed by atoms with Crippen molar-refractivity contribution in [3.63, 3.8) is 0 Å². The first-order chi connectivity index (χ1) is 12.5. The molecule has 4 rings (SSSR count). The summed E-state index contributed by atoms with van der Waals surface area (Å²) in [6, 6.07) is 2.47. The van der Waals surface area contributed by atoms with E-state index in [2.05, 4.69) is 11.4 Å². The van der Waals surface area contributed by atoms with Crippen molar-refractivity contribution in [3.8, 4) is 0 Å². The number of benzene rings is 1. The predicted molar refractivity (Wildman–Crippen MR) is 103 cm³/mol. The van der Waals surface area contributed by atoms with E-state index in [4.69, 9.17) is 0 Å². The molecule has 0 saturated carbocycles. The highest BCUT2D eigenvalue weighted by Crippen LogP contribution is 2.35. The van der Waals surface area contributed by atoms with Gasteiger partial charge in [0.2, 0.25) is 0 Å². The normalized spacial score (nSPS) is 22.1. The summed E-state index contributed by atoms with van der Waals surface area (Å²) in [5.74, 6) is -0.558. The van der Waals surface area contributed by atoms with Crippen molar-refractivity contribution >= 4 is 15.6 Å². The van der Waals surface area contributed by atoms with Gasteiger partial charge in [0.1, 0.15) is 5.75 Å². The predicted octanol–water partition coefficient (Wildman–Crippen LogP) is 2.46. The van der Waals surface area contributed by atoms with Gasteiger partial charge in [-0.2, -0.15) is 0 Å². The molecule has 1 N–H and O–H groups in total. The molecule has 140 valence electrons. The zero-order chi connectivity index (χ0) is 18.1. The van der Waals surface area contributed by atoms with E-state index in [1.165, 1.54) is 27.7 Å². The third-order valence-corrected chi connectivity index (χ3v) is 7.25. The van der Waals surface area contributed by atoms with Crippen LogP contribution >= 0.6 is 0 Å². The Morgan fingerprint density at radius 1 is 1.08 bits per heavy atom. The van der Waals surface area contributed by atoms with Crippen molar-refractivity contribution in [1.82, 2.24) is 5.32 Å². The lowest BCUT2D eigenvalue weighted by Gasteiger charge is -2.14. The topological polar surface area (TPSA) is 63.2 Å². The van der Waals surface area contributed by atoms with Gasteiger partial charge in [0.05, 0.1) is 0 Å². The Morgan fingerprint density at radius 3 is 2.38 bits per heavy atom. The Bertz CT molecular complexity index is 816. The largest absolute Gasteiger partial charge is 0.310 e. The van der Waals surface area contributed by atoms with E-state index < -0.39 is 9.84 Å². The second-order valence-electron chi connectivity index (χ2n) is 7.89.